The molecule has 0 saturated heterocycles. The van der Waals surface area contributed by atoms with Gasteiger partial charge in [0, 0.05) is 6.04 Å². The van der Waals surface area contributed by atoms with Crippen LogP contribution in [-0.2, 0) is 0 Å². The predicted molar refractivity (Wildman–Crippen MR) is 37.2 cm³/mol. The summed E-state index contributed by atoms with van der Waals surface area (Å²) >= 11 is 0. The quantitative estimate of drug-likeness (QED) is 0.519. The molecular weight excluding hydrogens is 147 g/mol. The summed E-state index contributed by atoms with van der Waals surface area (Å²) in [6, 6.07) is 1.44. The third-order valence-corrected chi connectivity index (χ3v) is 2.03. The standard InChI is InChI=1S/C7H11FN2O/c8-6-1-4(10)2-7(11)5(6)3-9/h4-7,11H,1-2,10H2. The van der Waals surface area contributed by atoms with E-state index in [9.17, 15) is 4.39 Å². The second-order valence-corrected chi connectivity index (χ2v) is 2.97. The van der Waals surface area contributed by atoms with E-state index >= 15 is 0 Å². The molecule has 1 fully saturated rings. The first-order chi connectivity index (χ1) is 5.15. The molecule has 0 aromatic carbocycles. The van der Waals surface area contributed by atoms with E-state index in [1.807, 2.05) is 0 Å². The summed E-state index contributed by atoms with van der Waals surface area (Å²) in [6.07, 6.45) is -1.63. The second kappa shape index (κ2) is 3.16. The van der Waals surface area contributed by atoms with E-state index in [1.165, 1.54) is 0 Å². The van der Waals surface area contributed by atoms with Crippen molar-refractivity contribution >= 4 is 0 Å². The van der Waals surface area contributed by atoms with Crippen molar-refractivity contribution in [1.29, 1.82) is 5.26 Å². The number of aliphatic hydroxyl groups excluding tert-OH is 1. The lowest BCUT2D eigenvalue weighted by atomic mass is 9.83. The lowest BCUT2D eigenvalue weighted by molar-refractivity contribution is 0.0357. The van der Waals surface area contributed by atoms with Gasteiger partial charge < -0.3 is 10.8 Å². The molecule has 0 aromatic rings. The van der Waals surface area contributed by atoms with Gasteiger partial charge in [0.2, 0.25) is 0 Å². The molecule has 4 heteroatoms. The van der Waals surface area contributed by atoms with Gasteiger partial charge in [-0.15, -0.1) is 0 Å². The highest BCUT2D eigenvalue weighted by atomic mass is 19.1. The minimum atomic E-state index is -1.27. The Morgan fingerprint density at radius 2 is 2.18 bits per heavy atom. The Kier molecular flexibility index (Phi) is 2.42. The number of rotatable bonds is 0. The molecule has 1 rings (SSSR count). The Hall–Kier alpha value is -0.660. The molecule has 3 N–H and O–H groups in total. The molecule has 62 valence electrons. The van der Waals surface area contributed by atoms with Crippen molar-refractivity contribution in [2.75, 3.05) is 0 Å². The summed E-state index contributed by atoms with van der Waals surface area (Å²) in [4.78, 5) is 0. The van der Waals surface area contributed by atoms with Crippen molar-refractivity contribution < 1.29 is 9.50 Å². The number of nitrogens with zero attached hydrogens (tertiary/aromatic N) is 1. The number of alkyl halides is 1. The largest absolute Gasteiger partial charge is 0.392 e. The minimum absolute atomic E-state index is 0.190. The Morgan fingerprint density at radius 1 is 1.55 bits per heavy atom. The predicted octanol–water partition coefficient (Wildman–Crippen LogP) is -0.0537. The smallest absolute Gasteiger partial charge is 0.120 e. The van der Waals surface area contributed by atoms with Crippen LogP contribution in [0.3, 0.4) is 0 Å². The van der Waals surface area contributed by atoms with Crippen LogP contribution in [-0.4, -0.2) is 23.4 Å². The molecule has 0 radical (unpaired) electrons. The van der Waals surface area contributed by atoms with Crippen molar-refractivity contribution in [1.82, 2.24) is 0 Å². The number of aliphatic hydroxyl groups is 1. The molecule has 4 atom stereocenters. The van der Waals surface area contributed by atoms with Crippen molar-refractivity contribution in [3.8, 4) is 6.07 Å². The SMILES string of the molecule is N#CC1C(O)CC(N)CC1F. The van der Waals surface area contributed by atoms with E-state index in [2.05, 4.69) is 0 Å². The number of hydrogen-bond donors (Lipinski definition) is 2. The first kappa shape index (κ1) is 8.44. The number of hydrogen-bond acceptors (Lipinski definition) is 3. The van der Waals surface area contributed by atoms with Gasteiger partial charge >= 0.3 is 0 Å². The van der Waals surface area contributed by atoms with E-state index in [1.54, 1.807) is 6.07 Å². The third-order valence-electron chi connectivity index (χ3n) is 2.03. The zero-order valence-corrected chi connectivity index (χ0v) is 6.07. The van der Waals surface area contributed by atoms with Crippen LogP contribution in [0.15, 0.2) is 0 Å². The third kappa shape index (κ3) is 1.67. The molecule has 3 nitrogen and oxygen atoms in total. The van der Waals surface area contributed by atoms with E-state index in [4.69, 9.17) is 16.1 Å². The molecule has 0 aromatic heterocycles. The molecule has 0 aliphatic heterocycles. The molecule has 11 heavy (non-hydrogen) atoms. The topological polar surface area (TPSA) is 70.0 Å². The van der Waals surface area contributed by atoms with Crippen LogP contribution in [0.5, 0.6) is 0 Å². The number of nitrogens with two attached hydrogens (primary N) is 1. The van der Waals surface area contributed by atoms with Crippen LogP contribution in [0.4, 0.5) is 4.39 Å². The molecular formula is C7H11FN2O. The van der Waals surface area contributed by atoms with E-state index < -0.39 is 18.2 Å². The first-order valence-corrected chi connectivity index (χ1v) is 3.62. The zero-order chi connectivity index (χ0) is 8.43. The fourth-order valence-corrected chi connectivity index (χ4v) is 1.40. The zero-order valence-electron chi connectivity index (χ0n) is 6.07. The van der Waals surface area contributed by atoms with Gasteiger partial charge in [0.05, 0.1) is 12.2 Å². The normalized spacial score (nSPS) is 44.9. The summed E-state index contributed by atoms with van der Waals surface area (Å²) in [6.45, 7) is 0. The Bertz CT molecular complexity index is 168. The minimum Gasteiger partial charge on any atom is -0.392 e. The Morgan fingerprint density at radius 3 is 2.64 bits per heavy atom. The van der Waals surface area contributed by atoms with Gasteiger partial charge in [-0.3, -0.25) is 0 Å². The fourth-order valence-electron chi connectivity index (χ4n) is 1.40. The molecule has 4 unspecified atom stereocenters. The monoisotopic (exact) mass is 158 g/mol. The lowest BCUT2D eigenvalue weighted by Crippen LogP contribution is -2.42. The maximum Gasteiger partial charge on any atom is 0.120 e. The van der Waals surface area contributed by atoms with Gasteiger partial charge in [-0.2, -0.15) is 5.26 Å². The fraction of sp³-hybridized carbons (Fsp3) is 0.857. The summed E-state index contributed by atoms with van der Waals surface area (Å²) in [5.41, 5.74) is 5.42. The summed E-state index contributed by atoms with van der Waals surface area (Å²) in [5, 5.41) is 17.6. The summed E-state index contributed by atoms with van der Waals surface area (Å²) in [5.74, 6) is -0.880. The van der Waals surface area contributed by atoms with E-state index in [0.29, 0.717) is 6.42 Å². The van der Waals surface area contributed by atoms with Crippen molar-refractivity contribution in [3.05, 3.63) is 0 Å². The molecule has 0 heterocycles. The van der Waals surface area contributed by atoms with Crippen LogP contribution in [0.2, 0.25) is 0 Å². The van der Waals surface area contributed by atoms with Crippen molar-refractivity contribution in [3.63, 3.8) is 0 Å². The van der Waals surface area contributed by atoms with Crippen molar-refractivity contribution in [2.24, 2.45) is 11.7 Å². The van der Waals surface area contributed by atoms with Gasteiger partial charge in [0.25, 0.3) is 0 Å². The van der Waals surface area contributed by atoms with Crippen LogP contribution in [0, 0.1) is 17.2 Å². The van der Waals surface area contributed by atoms with Crippen LogP contribution >= 0.6 is 0 Å². The van der Waals surface area contributed by atoms with E-state index in [0.717, 1.165) is 0 Å². The van der Waals surface area contributed by atoms with Gasteiger partial charge in [0.15, 0.2) is 0 Å². The average Bonchev–Trinajstić information content (AvgIpc) is 1.85. The van der Waals surface area contributed by atoms with Gasteiger partial charge in [0.1, 0.15) is 12.1 Å². The molecule has 1 aliphatic carbocycles. The molecule has 0 spiro atoms. The van der Waals surface area contributed by atoms with Gasteiger partial charge in [-0.1, -0.05) is 0 Å². The van der Waals surface area contributed by atoms with Crippen LogP contribution < -0.4 is 5.73 Å². The van der Waals surface area contributed by atoms with Gasteiger partial charge in [-0.05, 0) is 12.8 Å². The average molecular weight is 158 g/mol. The summed E-state index contributed by atoms with van der Waals surface area (Å²) < 4.78 is 12.9. The number of nitriles is 1. The van der Waals surface area contributed by atoms with E-state index in [-0.39, 0.29) is 12.5 Å². The lowest BCUT2D eigenvalue weighted by Gasteiger charge is -2.29. The highest BCUT2D eigenvalue weighted by molar-refractivity contribution is 4.99. The van der Waals surface area contributed by atoms with Gasteiger partial charge in [-0.25, -0.2) is 4.39 Å². The highest BCUT2D eigenvalue weighted by Crippen LogP contribution is 2.25. The maximum atomic E-state index is 12.9. The van der Waals surface area contributed by atoms with Crippen LogP contribution in [0.25, 0.3) is 0 Å². The Labute approximate surface area is 64.6 Å². The second-order valence-electron chi connectivity index (χ2n) is 2.97. The first-order valence-electron chi connectivity index (χ1n) is 3.62. The maximum absolute atomic E-state index is 12.9. The van der Waals surface area contributed by atoms with Crippen LogP contribution in [0.1, 0.15) is 12.8 Å². The molecule has 1 saturated carbocycles. The Balaban J connectivity index is 2.61. The van der Waals surface area contributed by atoms with Crippen molar-refractivity contribution in [2.45, 2.75) is 31.2 Å². The molecule has 0 bridgehead atoms. The summed E-state index contributed by atoms with van der Waals surface area (Å²) in [7, 11) is 0. The highest BCUT2D eigenvalue weighted by Gasteiger charge is 2.35. The molecule has 1 aliphatic rings. The number of halogens is 1. The molecule has 0 amide bonds.